The number of carbonyl (C=O) groups is 1. The maximum Gasteiger partial charge on any atom is 0.262 e. The second-order valence-electron chi connectivity index (χ2n) is 2.75. The first kappa shape index (κ1) is 9.92. The number of amides is 1. The Morgan fingerprint density at radius 2 is 1.85 bits per heavy atom. The SMILES string of the molecule is Cc1ccc(C(=O)NS(C)=O)cc1. The lowest BCUT2D eigenvalue weighted by atomic mass is 10.1. The summed E-state index contributed by atoms with van der Waals surface area (Å²) in [5, 5.41) is 0. The van der Waals surface area contributed by atoms with E-state index in [4.69, 9.17) is 0 Å². The Hall–Kier alpha value is -1.16. The molecule has 0 radical (unpaired) electrons. The average molecular weight is 197 g/mol. The van der Waals surface area contributed by atoms with E-state index in [-0.39, 0.29) is 5.91 Å². The lowest BCUT2D eigenvalue weighted by molar-refractivity contribution is 0.0983. The first-order chi connectivity index (χ1) is 6.09. The van der Waals surface area contributed by atoms with E-state index in [1.807, 2.05) is 19.1 Å². The Kier molecular flexibility index (Phi) is 3.19. The normalized spacial score (nSPS) is 12.2. The van der Waals surface area contributed by atoms with Crippen molar-refractivity contribution in [3.63, 3.8) is 0 Å². The number of carbonyl (C=O) groups excluding carboxylic acids is 1. The van der Waals surface area contributed by atoms with E-state index >= 15 is 0 Å². The summed E-state index contributed by atoms with van der Waals surface area (Å²) < 4.78 is 13.0. The van der Waals surface area contributed by atoms with Gasteiger partial charge in [0.25, 0.3) is 5.91 Å². The molecule has 1 atom stereocenters. The van der Waals surface area contributed by atoms with Crippen molar-refractivity contribution in [2.45, 2.75) is 6.92 Å². The van der Waals surface area contributed by atoms with Crippen LogP contribution < -0.4 is 4.72 Å². The van der Waals surface area contributed by atoms with Gasteiger partial charge in [0.15, 0.2) is 0 Å². The van der Waals surface area contributed by atoms with Gasteiger partial charge in [0.1, 0.15) is 11.0 Å². The summed E-state index contributed by atoms with van der Waals surface area (Å²) in [4.78, 5) is 11.3. The van der Waals surface area contributed by atoms with Gasteiger partial charge in [0.2, 0.25) is 0 Å². The molecule has 4 heteroatoms. The van der Waals surface area contributed by atoms with E-state index in [9.17, 15) is 9.00 Å². The van der Waals surface area contributed by atoms with Crippen molar-refractivity contribution < 1.29 is 9.00 Å². The summed E-state index contributed by atoms with van der Waals surface area (Å²) in [6, 6.07) is 7.09. The van der Waals surface area contributed by atoms with Crippen molar-refractivity contribution in [3.8, 4) is 0 Å². The van der Waals surface area contributed by atoms with E-state index in [0.29, 0.717) is 5.56 Å². The number of hydrogen-bond donors (Lipinski definition) is 1. The third kappa shape index (κ3) is 2.99. The second kappa shape index (κ2) is 4.18. The van der Waals surface area contributed by atoms with Crippen LogP contribution in [0.1, 0.15) is 15.9 Å². The molecule has 0 saturated carbocycles. The van der Waals surface area contributed by atoms with E-state index in [1.165, 1.54) is 6.26 Å². The van der Waals surface area contributed by atoms with E-state index in [2.05, 4.69) is 4.72 Å². The fourth-order valence-corrected chi connectivity index (χ4v) is 1.27. The zero-order valence-electron chi connectivity index (χ0n) is 7.53. The van der Waals surface area contributed by atoms with Gasteiger partial charge in [-0.2, -0.15) is 0 Å². The molecule has 0 bridgehead atoms. The highest BCUT2D eigenvalue weighted by atomic mass is 32.2. The van der Waals surface area contributed by atoms with Crippen molar-refractivity contribution in [3.05, 3.63) is 35.4 Å². The van der Waals surface area contributed by atoms with Crippen LogP contribution in [0.3, 0.4) is 0 Å². The predicted molar refractivity (Wildman–Crippen MR) is 52.7 cm³/mol. The van der Waals surface area contributed by atoms with E-state index < -0.39 is 11.0 Å². The molecule has 1 aromatic carbocycles. The Morgan fingerprint density at radius 1 is 1.31 bits per heavy atom. The zero-order chi connectivity index (χ0) is 9.84. The Labute approximate surface area is 79.7 Å². The van der Waals surface area contributed by atoms with Crippen molar-refractivity contribution in [1.82, 2.24) is 4.72 Å². The van der Waals surface area contributed by atoms with Crippen molar-refractivity contribution in [1.29, 1.82) is 0 Å². The highest BCUT2D eigenvalue weighted by molar-refractivity contribution is 7.82. The van der Waals surface area contributed by atoms with Gasteiger partial charge in [-0.15, -0.1) is 0 Å². The van der Waals surface area contributed by atoms with Crippen LogP contribution in [0.15, 0.2) is 24.3 Å². The summed E-state index contributed by atoms with van der Waals surface area (Å²) in [6.45, 7) is 1.94. The third-order valence-corrected chi connectivity index (χ3v) is 2.02. The fraction of sp³-hybridized carbons (Fsp3) is 0.222. The Bertz CT molecular complexity index is 332. The minimum atomic E-state index is -1.30. The van der Waals surface area contributed by atoms with Gasteiger partial charge >= 0.3 is 0 Å². The van der Waals surface area contributed by atoms with Gasteiger partial charge in [-0.25, -0.2) is 4.21 Å². The highest BCUT2D eigenvalue weighted by Gasteiger charge is 2.04. The molecule has 3 nitrogen and oxygen atoms in total. The Balaban J connectivity index is 2.78. The molecule has 0 saturated heterocycles. The van der Waals surface area contributed by atoms with Crippen LogP contribution in [0.2, 0.25) is 0 Å². The van der Waals surface area contributed by atoms with Crippen molar-refractivity contribution in [2.75, 3.05) is 6.26 Å². The molecule has 0 aliphatic heterocycles. The van der Waals surface area contributed by atoms with Crippen LogP contribution in [-0.2, 0) is 11.0 Å². The monoisotopic (exact) mass is 197 g/mol. The summed E-state index contributed by atoms with van der Waals surface area (Å²) in [6.07, 6.45) is 1.42. The van der Waals surface area contributed by atoms with Crippen molar-refractivity contribution >= 4 is 16.9 Å². The number of aryl methyl sites for hydroxylation is 1. The quantitative estimate of drug-likeness (QED) is 0.769. The van der Waals surface area contributed by atoms with Gasteiger partial charge in [0, 0.05) is 11.8 Å². The molecule has 1 unspecified atom stereocenters. The van der Waals surface area contributed by atoms with Crippen LogP contribution in [-0.4, -0.2) is 16.4 Å². The number of benzene rings is 1. The number of hydrogen-bond acceptors (Lipinski definition) is 2. The number of rotatable bonds is 2. The lowest BCUT2D eigenvalue weighted by Gasteiger charge is -2.00. The van der Waals surface area contributed by atoms with Crippen LogP contribution >= 0.6 is 0 Å². The van der Waals surface area contributed by atoms with Gasteiger partial charge in [-0.3, -0.25) is 9.52 Å². The summed E-state index contributed by atoms with van der Waals surface area (Å²) in [7, 11) is -1.30. The second-order valence-corrected chi connectivity index (χ2v) is 3.86. The first-order valence-corrected chi connectivity index (χ1v) is 5.36. The minimum absolute atomic E-state index is 0.305. The van der Waals surface area contributed by atoms with Gasteiger partial charge in [-0.05, 0) is 19.1 Å². The molecule has 70 valence electrons. The smallest absolute Gasteiger partial charge is 0.262 e. The van der Waals surface area contributed by atoms with E-state index in [0.717, 1.165) is 5.56 Å². The molecule has 0 aliphatic carbocycles. The average Bonchev–Trinajstić information content (AvgIpc) is 2.04. The molecule has 1 aromatic rings. The van der Waals surface area contributed by atoms with Crippen molar-refractivity contribution in [2.24, 2.45) is 0 Å². The molecule has 0 aromatic heterocycles. The molecular formula is C9H11NO2S. The molecule has 13 heavy (non-hydrogen) atoms. The molecule has 0 aliphatic rings. The van der Waals surface area contributed by atoms with Gasteiger partial charge in [-0.1, -0.05) is 17.7 Å². The molecule has 0 heterocycles. The van der Waals surface area contributed by atoms with E-state index in [1.54, 1.807) is 12.1 Å². The van der Waals surface area contributed by atoms with Crippen LogP contribution in [0.25, 0.3) is 0 Å². The molecule has 0 fully saturated rings. The van der Waals surface area contributed by atoms with Crippen LogP contribution in [0, 0.1) is 6.92 Å². The first-order valence-electron chi connectivity index (χ1n) is 3.80. The summed E-state index contributed by atoms with van der Waals surface area (Å²) >= 11 is 0. The van der Waals surface area contributed by atoms with Gasteiger partial charge in [0.05, 0.1) is 0 Å². The minimum Gasteiger partial charge on any atom is -0.271 e. The fourth-order valence-electron chi connectivity index (χ4n) is 0.894. The summed E-state index contributed by atoms with van der Waals surface area (Å²) in [5.74, 6) is -0.305. The largest absolute Gasteiger partial charge is 0.271 e. The topological polar surface area (TPSA) is 46.2 Å². The lowest BCUT2D eigenvalue weighted by Crippen LogP contribution is -2.24. The summed E-state index contributed by atoms with van der Waals surface area (Å²) in [5.41, 5.74) is 1.62. The predicted octanol–water partition coefficient (Wildman–Crippen LogP) is 1.02. The molecule has 1 rings (SSSR count). The third-order valence-electron chi connectivity index (χ3n) is 1.55. The van der Waals surface area contributed by atoms with Crippen LogP contribution in [0.5, 0.6) is 0 Å². The molecular weight excluding hydrogens is 186 g/mol. The van der Waals surface area contributed by atoms with Gasteiger partial charge < -0.3 is 0 Å². The number of nitrogens with one attached hydrogen (secondary N) is 1. The maximum atomic E-state index is 11.3. The standard InChI is InChI=1S/C9H11NO2S/c1-7-3-5-8(6-4-7)9(11)10-13(2)12/h3-6H,1-2H3,(H,10,11). The molecule has 1 N–H and O–H groups in total. The zero-order valence-corrected chi connectivity index (χ0v) is 8.35. The van der Waals surface area contributed by atoms with Crippen LogP contribution in [0.4, 0.5) is 0 Å². The molecule has 1 amide bonds. The maximum absolute atomic E-state index is 11.3. The molecule has 0 spiro atoms. The highest BCUT2D eigenvalue weighted by Crippen LogP contribution is 2.02. The Morgan fingerprint density at radius 3 is 2.31 bits per heavy atom.